The second-order valence-electron chi connectivity index (χ2n) is 7.00. The van der Waals surface area contributed by atoms with E-state index in [2.05, 4.69) is 18.3 Å². The van der Waals surface area contributed by atoms with Gasteiger partial charge in [-0.3, -0.25) is 4.79 Å². The van der Waals surface area contributed by atoms with E-state index in [1.54, 1.807) is 39.5 Å². The molecule has 1 heterocycles. The van der Waals surface area contributed by atoms with Gasteiger partial charge in [-0.1, -0.05) is 6.07 Å². The van der Waals surface area contributed by atoms with Crippen molar-refractivity contribution >= 4 is 11.6 Å². The van der Waals surface area contributed by atoms with Crippen molar-refractivity contribution in [3.63, 3.8) is 0 Å². The van der Waals surface area contributed by atoms with Crippen molar-refractivity contribution in [1.82, 2.24) is 4.90 Å². The zero-order valence-electron chi connectivity index (χ0n) is 17.0. The number of nitrogens with zero attached hydrogens (tertiary/aromatic N) is 1. The summed E-state index contributed by atoms with van der Waals surface area (Å²) in [5, 5.41) is 3.55. The largest absolute Gasteiger partial charge is 0.497 e. The third-order valence-corrected chi connectivity index (χ3v) is 5.06. The molecule has 0 bridgehead atoms. The Morgan fingerprint density at radius 2 is 1.82 bits per heavy atom. The molecule has 0 spiro atoms. The van der Waals surface area contributed by atoms with Crippen molar-refractivity contribution in [2.45, 2.75) is 25.8 Å². The van der Waals surface area contributed by atoms with Crippen molar-refractivity contribution in [1.29, 1.82) is 0 Å². The molecule has 1 fully saturated rings. The normalized spacial score (nSPS) is 16.4. The predicted octanol–water partition coefficient (Wildman–Crippen LogP) is 3.74. The van der Waals surface area contributed by atoms with Gasteiger partial charge in [0.15, 0.2) is 0 Å². The zero-order chi connectivity index (χ0) is 20.1. The van der Waals surface area contributed by atoms with Crippen LogP contribution in [0.3, 0.4) is 0 Å². The summed E-state index contributed by atoms with van der Waals surface area (Å²) in [6.07, 6.45) is 1.94. The number of aryl methyl sites for hydroxylation is 1. The molecule has 1 unspecified atom stereocenters. The van der Waals surface area contributed by atoms with Gasteiger partial charge in [-0.05, 0) is 49.6 Å². The standard InChI is InChI=1S/C22H28N2O4/c1-15-7-10-20(27-3)19(12-15)23-16-6-5-11-24(14-16)22(25)18-9-8-17(26-2)13-21(18)28-4/h7-10,12-13,16,23H,5-6,11,14H2,1-4H3. The fourth-order valence-corrected chi connectivity index (χ4v) is 3.58. The molecular formula is C22H28N2O4. The smallest absolute Gasteiger partial charge is 0.257 e. The average molecular weight is 384 g/mol. The second-order valence-corrected chi connectivity index (χ2v) is 7.00. The lowest BCUT2D eigenvalue weighted by Gasteiger charge is -2.34. The lowest BCUT2D eigenvalue weighted by atomic mass is 10.0. The Hall–Kier alpha value is -2.89. The summed E-state index contributed by atoms with van der Waals surface area (Å²) in [4.78, 5) is 15.0. The van der Waals surface area contributed by atoms with Gasteiger partial charge in [-0.2, -0.15) is 0 Å². The molecule has 1 atom stereocenters. The first-order valence-corrected chi connectivity index (χ1v) is 9.48. The SMILES string of the molecule is COc1ccc(C(=O)N2CCCC(Nc3cc(C)ccc3OC)C2)c(OC)c1. The van der Waals surface area contributed by atoms with E-state index in [0.29, 0.717) is 23.6 Å². The summed E-state index contributed by atoms with van der Waals surface area (Å²) in [5.74, 6) is 1.98. The molecule has 2 aromatic carbocycles. The second kappa shape index (κ2) is 8.87. The van der Waals surface area contributed by atoms with Crippen LogP contribution in [0.4, 0.5) is 5.69 Å². The monoisotopic (exact) mass is 384 g/mol. The molecule has 1 saturated heterocycles. The number of amides is 1. The van der Waals surface area contributed by atoms with Gasteiger partial charge >= 0.3 is 0 Å². The number of methoxy groups -OCH3 is 3. The van der Waals surface area contributed by atoms with E-state index in [1.165, 1.54) is 0 Å². The first-order chi connectivity index (χ1) is 13.5. The van der Waals surface area contributed by atoms with Crippen molar-refractivity contribution in [2.24, 2.45) is 0 Å². The van der Waals surface area contributed by atoms with Crippen LogP contribution in [0.15, 0.2) is 36.4 Å². The third-order valence-electron chi connectivity index (χ3n) is 5.06. The lowest BCUT2D eigenvalue weighted by Crippen LogP contribution is -2.45. The fraction of sp³-hybridized carbons (Fsp3) is 0.409. The summed E-state index contributed by atoms with van der Waals surface area (Å²) in [6, 6.07) is 11.5. The van der Waals surface area contributed by atoms with Gasteiger partial charge < -0.3 is 24.4 Å². The van der Waals surface area contributed by atoms with Gasteiger partial charge in [0.25, 0.3) is 5.91 Å². The number of piperidine rings is 1. The number of hydrogen-bond acceptors (Lipinski definition) is 5. The Morgan fingerprint density at radius 1 is 1.04 bits per heavy atom. The van der Waals surface area contributed by atoms with Crippen molar-refractivity contribution in [3.8, 4) is 17.2 Å². The minimum absolute atomic E-state index is 0.0257. The molecule has 2 aromatic rings. The zero-order valence-corrected chi connectivity index (χ0v) is 17.0. The van der Waals surface area contributed by atoms with Gasteiger partial charge in [0.05, 0.1) is 32.6 Å². The highest BCUT2D eigenvalue weighted by Gasteiger charge is 2.27. The van der Waals surface area contributed by atoms with E-state index >= 15 is 0 Å². The van der Waals surface area contributed by atoms with Crippen molar-refractivity contribution < 1.29 is 19.0 Å². The summed E-state index contributed by atoms with van der Waals surface area (Å²) in [6.45, 7) is 3.42. The first-order valence-electron chi connectivity index (χ1n) is 9.48. The van der Waals surface area contributed by atoms with Crippen LogP contribution in [0.25, 0.3) is 0 Å². The topological polar surface area (TPSA) is 60.0 Å². The Kier molecular flexibility index (Phi) is 6.29. The quantitative estimate of drug-likeness (QED) is 0.822. The molecule has 1 N–H and O–H groups in total. The van der Waals surface area contributed by atoms with Crippen molar-refractivity contribution in [3.05, 3.63) is 47.5 Å². The highest BCUT2D eigenvalue weighted by atomic mass is 16.5. The lowest BCUT2D eigenvalue weighted by molar-refractivity contribution is 0.0711. The number of likely N-dealkylation sites (tertiary alicyclic amines) is 1. The van der Waals surface area contributed by atoms with E-state index < -0.39 is 0 Å². The minimum atomic E-state index is -0.0257. The van der Waals surface area contributed by atoms with Crippen LogP contribution in [0.2, 0.25) is 0 Å². The number of carbonyl (C=O) groups excluding carboxylic acids is 1. The van der Waals surface area contributed by atoms with Gasteiger partial charge in [-0.25, -0.2) is 0 Å². The summed E-state index contributed by atoms with van der Waals surface area (Å²) in [5.41, 5.74) is 2.68. The number of ether oxygens (including phenoxy) is 3. The number of hydrogen-bond donors (Lipinski definition) is 1. The molecule has 6 nitrogen and oxygen atoms in total. The van der Waals surface area contributed by atoms with Crippen LogP contribution < -0.4 is 19.5 Å². The molecule has 1 aliphatic heterocycles. The minimum Gasteiger partial charge on any atom is -0.497 e. The first kappa shape index (κ1) is 19.9. The summed E-state index contributed by atoms with van der Waals surface area (Å²) in [7, 11) is 4.83. The molecule has 0 aromatic heterocycles. The maximum atomic E-state index is 13.1. The number of anilines is 1. The van der Waals surface area contributed by atoms with E-state index in [9.17, 15) is 4.79 Å². The van der Waals surface area contributed by atoms with Crippen LogP contribution in [-0.2, 0) is 0 Å². The molecule has 150 valence electrons. The molecule has 0 radical (unpaired) electrons. The van der Waals surface area contributed by atoms with Gasteiger partial charge in [0.2, 0.25) is 0 Å². The molecular weight excluding hydrogens is 356 g/mol. The molecule has 3 rings (SSSR count). The van der Waals surface area contributed by atoms with Crippen molar-refractivity contribution in [2.75, 3.05) is 39.7 Å². The fourth-order valence-electron chi connectivity index (χ4n) is 3.58. The predicted molar refractivity (Wildman–Crippen MR) is 110 cm³/mol. The molecule has 1 aliphatic rings. The van der Waals surface area contributed by atoms with E-state index in [0.717, 1.165) is 36.4 Å². The molecule has 0 aliphatic carbocycles. The Bertz CT molecular complexity index is 837. The Labute approximate surface area is 166 Å². The number of rotatable bonds is 6. The summed E-state index contributed by atoms with van der Waals surface area (Å²) >= 11 is 0. The van der Waals surface area contributed by atoms with Gasteiger partial charge in [0, 0.05) is 25.2 Å². The summed E-state index contributed by atoms with van der Waals surface area (Å²) < 4.78 is 16.1. The van der Waals surface area contributed by atoms with E-state index in [1.807, 2.05) is 17.0 Å². The number of benzene rings is 2. The average Bonchev–Trinajstić information content (AvgIpc) is 2.73. The number of nitrogens with one attached hydrogen (secondary N) is 1. The van der Waals surface area contributed by atoms with E-state index in [-0.39, 0.29) is 11.9 Å². The third kappa shape index (κ3) is 4.32. The molecule has 6 heteroatoms. The highest BCUT2D eigenvalue weighted by molar-refractivity contribution is 5.97. The van der Waals surface area contributed by atoms with Crippen LogP contribution in [-0.4, -0.2) is 51.3 Å². The van der Waals surface area contributed by atoms with Crippen LogP contribution in [0.1, 0.15) is 28.8 Å². The molecule has 1 amide bonds. The van der Waals surface area contributed by atoms with Gasteiger partial charge in [0.1, 0.15) is 17.2 Å². The maximum absolute atomic E-state index is 13.1. The number of carbonyl (C=O) groups is 1. The Morgan fingerprint density at radius 3 is 2.54 bits per heavy atom. The Balaban J connectivity index is 1.75. The molecule has 28 heavy (non-hydrogen) atoms. The van der Waals surface area contributed by atoms with Gasteiger partial charge in [-0.15, -0.1) is 0 Å². The van der Waals surface area contributed by atoms with E-state index in [4.69, 9.17) is 14.2 Å². The molecule has 0 saturated carbocycles. The van der Waals surface area contributed by atoms with Crippen LogP contribution in [0.5, 0.6) is 17.2 Å². The van der Waals surface area contributed by atoms with Crippen LogP contribution >= 0.6 is 0 Å². The van der Waals surface area contributed by atoms with Crippen LogP contribution in [0, 0.1) is 6.92 Å². The maximum Gasteiger partial charge on any atom is 0.257 e. The highest BCUT2D eigenvalue weighted by Crippen LogP contribution is 2.29.